The second-order valence-corrected chi connectivity index (χ2v) is 3.52. The molecular weight excluding hydrogens is 220 g/mol. The molecule has 0 saturated heterocycles. The standard InChI is InChI=1S/C9H13BrO2/c1-3-4-11-6-8-5-9(10)7(2)12-8/h5H,3-4,6H2,1-2H3. The van der Waals surface area contributed by atoms with Gasteiger partial charge in [0.15, 0.2) is 0 Å². The summed E-state index contributed by atoms with van der Waals surface area (Å²) in [4.78, 5) is 0. The molecule has 0 spiro atoms. The number of ether oxygens (including phenoxy) is 1. The molecule has 0 aliphatic heterocycles. The molecule has 3 heteroatoms. The fourth-order valence-electron chi connectivity index (χ4n) is 0.906. The normalized spacial score (nSPS) is 10.6. The van der Waals surface area contributed by atoms with E-state index in [0.717, 1.165) is 29.0 Å². The van der Waals surface area contributed by atoms with Gasteiger partial charge >= 0.3 is 0 Å². The zero-order valence-electron chi connectivity index (χ0n) is 7.39. The van der Waals surface area contributed by atoms with E-state index in [-0.39, 0.29) is 0 Å². The summed E-state index contributed by atoms with van der Waals surface area (Å²) >= 11 is 3.38. The molecular formula is C9H13BrO2. The van der Waals surface area contributed by atoms with Crippen molar-refractivity contribution in [2.24, 2.45) is 0 Å². The summed E-state index contributed by atoms with van der Waals surface area (Å²) in [5.41, 5.74) is 0. The van der Waals surface area contributed by atoms with Crippen molar-refractivity contribution in [3.63, 3.8) is 0 Å². The zero-order valence-corrected chi connectivity index (χ0v) is 8.98. The van der Waals surface area contributed by atoms with Gasteiger partial charge in [0.05, 0.1) is 4.47 Å². The highest BCUT2D eigenvalue weighted by molar-refractivity contribution is 9.10. The van der Waals surface area contributed by atoms with Crippen LogP contribution in [0.15, 0.2) is 15.0 Å². The number of hydrogen-bond donors (Lipinski definition) is 0. The van der Waals surface area contributed by atoms with Gasteiger partial charge in [-0.05, 0) is 35.3 Å². The molecule has 0 radical (unpaired) electrons. The third-order valence-corrected chi connectivity index (χ3v) is 2.29. The van der Waals surface area contributed by atoms with Crippen LogP contribution in [0.5, 0.6) is 0 Å². The second-order valence-electron chi connectivity index (χ2n) is 2.67. The predicted octanol–water partition coefficient (Wildman–Crippen LogP) is 3.28. The number of hydrogen-bond acceptors (Lipinski definition) is 2. The number of aryl methyl sites for hydroxylation is 1. The van der Waals surface area contributed by atoms with Crippen LogP contribution in [0.3, 0.4) is 0 Å². The molecule has 0 bridgehead atoms. The van der Waals surface area contributed by atoms with Gasteiger partial charge < -0.3 is 9.15 Å². The maximum absolute atomic E-state index is 5.39. The Hall–Kier alpha value is -0.280. The van der Waals surface area contributed by atoms with Gasteiger partial charge in [0.25, 0.3) is 0 Å². The minimum absolute atomic E-state index is 0.570. The van der Waals surface area contributed by atoms with Crippen molar-refractivity contribution in [1.82, 2.24) is 0 Å². The van der Waals surface area contributed by atoms with Crippen molar-refractivity contribution < 1.29 is 9.15 Å². The molecule has 0 fully saturated rings. The van der Waals surface area contributed by atoms with Gasteiger partial charge in [-0.3, -0.25) is 0 Å². The maximum Gasteiger partial charge on any atom is 0.131 e. The van der Waals surface area contributed by atoms with Crippen LogP contribution in [-0.2, 0) is 11.3 Å². The zero-order chi connectivity index (χ0) is 8.97. The van der Waals surface area contributed by atoms with Crippen LogP contribution in [0.2, 0.25) is 0 Å². The van der Waals surface area contributed by atoms with Gasteiger partial charge in [-0.15, -0.1) is 0 Å². The van der Waals surface area contributed by atoms with E-state index in [1.807, 2.05) is 13.0 Å². The third-order valence-electron chi connectivity index (χ3n) is 1.50. The Balaban J connectivity index is 2.42. The van der Waals surface area contributed by atoms with Gasteiger partial charge in [0, 0.05) is 6.61 Å². The van der Waals surface area contributed by atoms with Crippen molar-refractivity contribution in [2.45, 2.75) is 26.9 Å². The van der Waals surface area contributed by atoms with Crippen LogP contribution in [0.4, 0.5) is 0 Å². The number of halogens is 1. The van der Waals surface area contributed by atoms with E-state index in [2.05, 4.69) is 22.9 Å². The Bertz CT molecular complexity index is 223. The first-order valence-corrected chi connectivity index (χ1v) is 4.86. The summed E-state index contributed by atoms with van der Waals surface area (Å²) in [6.45, 7) is 5.37. The highest BCUT2D eigenvalue weighted by Gasteiger charge is 2.03. The maximum atomic E-state index is 5.39. The first kappa shape index (κ1) is 9.81. The Morgan fingerprint density at radius 1 is 1.58 bits per heavy atom. The summed E-state index contributed by atoms with van der Waals surface area (Å²) < 4.78 is 11.7. The Labute approximate surface area is 81.0 Å². The fourth-order valence-corrected chi connectivity index (χ4v) is 1.24. The average molecular weight is 233 g/mol. The quantitative estimate of drug-likeness (QED) is 0.744. The lowest BCUT2D eigenvalue weighted by Gasteiger charge is -1.97. The van der Waals surface area contributed by atoms with Gasteiger partial charge in [0.1, 0.15) is 18.1 Å². The van der Waals surface area contributed by atoms with E-state index < -0.39 is 0 Å². The monoisotopic (exact) mass is 232 g/mol. The van der Waals surface area contributed by atoms with Crippen molar-refractivity contribution in [1.29, 1.82) is 0 Å². The van der Waals surface area contributed by atoms with E-state index >= 15 is 0 Å². The van der Waals surface area contributed by atoms with Crippen LogP contribution in [-0.4, -0.2) is 6.61 Å². The predicted molar refractivity (Wildman–Crippen MR) is 51.1 cm³/mol. The smallest absolute Gasteiger partial charge is 0.131 e. The molecule has 12 heavy (non-hydrogen) atoms. The summed E-state index contributed by atoms with van der Waals surface area (Å²) in [6.07, 6.45) is 1.04. The molecule has 0 atom stereocenters. The first-order valence-electron chi connectivity index (χ1n) is 4.06. The molecule has 0 aliphatic carbocycles. The summed E-state index contributed by atoms with van der Waals surface area (Å²) in [5, 5.41) is 0. The molecule has 1 rings (SSSR count). The fraction of sp³-hybridized carbons (Fsp3) is 0.556. The van der Waals surface area contributed by atoms with Gasteiger partial charge in [-0.2, -0.15) is 0 Å². The minimum atomic E-state index is 0.570. The first-order chi connectivity index (χ1) is 5.74. The van der Waals surface area contributed by atoms with E-state index in [0.29, 0.717) is 6.61 Å². The van der Waals surface area contributed by atoms with Crippen molar-refractivity contribution in [3.8, 4) is 0 Å². The average Bonchev–Trinajstić information content (AvgIpc) is 2.32. The Kier molecular flexibility index (Phi) is 3.82. The Morgan fingerprint density at radius 3 is 2.83 bits per heavy atom. The van der Waals surface area contributed by atoms with Crippen molar-refractivity contribution in [3.05, 3.63) is 22.1 Å². The molecule has 0 aromatic carbocycles. The lowest BCUT2D eigenvalue weighted by atomic mass is 10.4. The summed E-state index contributed by atoms with van der Waals surface area (Å²) in [5.74, 6) is 1.79. The molecule has 1 aromatic heterocycles. The summed E-state index contributed by atoms with van der Waals surface area (Å²) in [7, 11) is 0. The number of rotatable bonds is 4. The topological polar surface area (TPSA) is 22.4 Å². The molecule has 2 nitrogen and oxygen atoms in total. The van der Waals surface area contributed by atoms with E-state index in [1.54, 1.807) is 0 Å². The van der Waals surface area contributed by atoms with Crippen LogP contribution < -0.4 is 0 Å². The largest absolute Gasteiger partial charge is 0.463 e. The van der Waals surface area contributed by atoms with Crippen LogP contribution in [0.1, 0.15) is 24.9 Å². The Morgan fingerprint density at radius 2 is 2.33 bits per heavy atom. The van der Waals surface area contributed by atoms with Crippen LogP contribution in [0, 0.1) is 6.92 Å². The molecule has 0 saturated carbocycles. The molecule has 1 aromatic rings. The van der Waals surface area contributed by atoms with E-state index in [4.69, 9.17) is 9.15 Å². The molecule has 0 unspecified atom stereocenters. The highest BCUT2D eigenvalue weighted by Crippen LogP contribution is 2.20. The lowest BCUT2D eigenvalue weighted by Crippen LogP contribution is -1.91. The van der Waals surface area contributed by atoms with E-state index in [1.165, 1.54) is 0 Å². The third kappa shape index (κ3) is 2.64. The van der Waals surface area contributed by atoms with Crippen LogP contribution in [0.25, 0.3) is 0 Å². The van der Waals surface area contributed by atoms with E-state index in [9.17, 15) is 0 Å². The van der Waals surface area contributed by atoms with Crippen molar-refractivity contribution in [2.75, 3.05) is 6.61 Å². The minimum Gasteiger partial charge on any atom is -0.463 e. The van der Waals surface area contributed by atoms with Crippen LogP contribution >= 0.6 is 15.9 Å². The SMILES string of the molecule is CCCOCc1cc(Br)c(C)o1. The molecule has 0 aliphatic rings. The second kappa shape index (κ2) is 4.67. The lowest BCUT2D eigenvalue weighted by molar-refractivity contribution is 0.106. The summed E-state index contributed by atoms with van der Waals surface area (Å²) in [6, 6.07) is 1.95. The molecule has 0 N–H and O–H groups in total. The van der Waals surface area contributed by atoms with Crippen molar-refractivity contribution >= 4 is 15.9 Å². The molecule has 0 amide bonds. The number of furan rings is 1. The molecule has 1 heterocycles. The molecule has 68 valence electrons. The van der Waals surface area contributed by atoms with Gasteiger partial charge in [0.2, 0.25) is 0 Å². The highest BCUT2D eigenvalue weighted by atomic mass is 79.9. The van der Waals surface area contributed by atoms with Gasteiger partial charge in [-0.25, -0.2) is 0 Å². The van der Waals surface area contributed by atoms with Gasteiger partial charge in [-0.1, -0.05) is 6.92 Å².